The van der Waals surface area contributed by atoms with Crippen molar-refractivity contribution in [1.82, 2.24) is 9.55 Å². The number of benzene rings is 1. The molecular weight excluding hydrogens is 272 g/mol. The normalized spacial score (nSPS) is 10.9. The van der Waals surface area contributed by atoms with Crippen LogP contribution in [-0.2, 0) is 0 Å². The molecule has 0 aliphatic heterocycles. The Hall–Kier alpha value is -2.13. The van der Waals surface area contributed by atoms with Gasteiger partial charge >= 0.3 is 0 Å². The van der Waals surface area contributed by atoms with E-state index in [9.17, 15) is 4.79 Å². The molecular formula is C16H13ClN2O. The van der Waals surface area contributed by atoms with Crippen LogP contribution in [0.2, 0.25) is 5.02 Å². The molecule has 20 heavy (non-hydrogen) atoms. The molecule has 2 aromatic heterocycles. The second-order valence-electron chi connectivity index (χ2n) is 4.75. The summed E-state index contributed by atoms with van der Waals surface area (Å²) in [6.45, 7) is 3.91. The third kappa shape index (κ3) is 1.82. The van der Waals surface area contributed by atoms with Crippen molar-refractivity contribution < 1.29 is 4.79 Å². The highest BCUT2D eigenvalue weighted by molar-refractivity contribution is 6.35. The molecule has 0 saturated heterocycles. The summed E-state index contributed by atoms with van der Waals surface area (Å²) in [4.78, 5) is 15.5. The first-order chi connectivity index (χ1) is 9.63. The van der Waals surface area contributed by atoms with E-state index in [0.717, 1.165) is 34.3 Å². The van der Waals surface area contributed by atoms with E-state index in [4.69, 9.17) is 11.6 Å². The van der Waals surface area contributed by atoms with Crippen LogP contribution >= 0.6 is 11.6 Å². The van der Waals surface area contributed by atoms with Crippen molar-refractivity contribution in [3.63, 3.8) is 0 Å². The lowest BCUT2D eigenvalue weighted by atomic mass is 10.2. The summed E-state index contributed by atoms with van der Waals surface area (Å²) in [7, 11) is 0. The van der Waals surface area contributed by atoms with Gasteiger partial charge in [-0.3, -0.25) is 9.78 Å². The molecule has 0 radical (unpaired) electrons. The second kappa shape index (κ2) is 4.76. The molecule has 3 nitrogen and oxygen atoms in total. The molecule has 0 aliphatic rings. The van der Waals surface area contributed by atoms with Crippen LogP contribution in [0.5, 0.6) is 0 Å². The van der Waals surface area contributed by atoms with E-state index in [2.05, 4.69) is 4.98 Å². The van der Waals surface area contributed by atoms with Crippen LogP contribution in [0.1, 0.15) is 21.7 Å². The molecule has 4 heteroatoms. The van der Waals surface area contributed by atoms with E-state index >= 15 is 0 Å². The number of hydrogen-bond donors (Lipinski definition) is 0. The molecule has 0 aliphatic carbocycles. The quantitative estimate of drug-likeness (QED) is 0.664. The zero-order valence-corrected chi connectivity index (χ0v) is 12.0. The van der Waals surface area contributed by atoms with Gasteiger partial charge < -0.3 is 4.57 Å². The Kier molecular flexibility index (Phi) is 3.07. The maximum Gasteiger partial charge on any atom is 0.151 e. The summed E-state index contributed by atoms with van der Waals surface area (Å²) >= 11 is 6.22. The highest BCUT2D eigenvalue weighted by Gasteiger charge is 2.14. The lowest BCUT2D eigenvalue weighted by Gasteiger charge is -2.12. The summed E-state index contributed by atoms with van der Waals surface area (Å²) in [6, 6.07) is 9.49. The van der Waals surface area contributed by atoms with Crippen LogP contribution in [0.3, 0.4) is 0 Å². The average molecular weight is 285 g/mol. The summed E-state index contributed by atoms with van der Waals surface area (Å²) in [5.41, 5.74) is 4.37. The van der Waals surface area contributed by atoms with Crippen molar-refractivity contribution in [3.8, 4) is 5.69 Å². The number of aryl methyl sites for hydroxylation is 1. The standard InChI is InChI=1S/C16H13ClN2O/c1-10-8-12(9-20)11(2)19(10)15-6-5-14(17)13-4-3-7-18-16(13)15/h3-9H,1-2H3. The number of pyridine rings is 1. The number of aldehydes is 1. The monoisotopic (exact) mass is 284 g/mol. The minimum Gasteiger partial charge on any atom is -0.316 e. The van der Waals surface area contributed by atoms with Gasteiger partial charge in [-0.1, -0.05) is 11.6 Å². The maximum absolute atomic E-state index is 11.1. The van der Waals surface area contributed by atoms with Gasteiger partial charge in [0, 0.05) is 28.5 Å². The van der Waals surface area contributed by atoms with Crippen molar-refractivity contribution in [2.45, 2.75) is 13.8 Å². The molecule has 0 spiro atoms. The van der Waals surface area contributed by atoms with Crippen LogP contribution in [0, 0.1) is 13.8 Å². The minimum absolute atomic E-state index is 0.676. The Morgan fingerprint density at radius 3 is 2.75 bits per heavy atom. The molecule has 1 aromatic carbocycles. The predicted octanol–water partition coefficient (Wildman–Crippen LogP) is 4.11. The largest absolute Gasteiger partial charge is 0.316 e. The molecule has 0 N–H and O–H groups in total. The Morgan fingerprint density at radius 2 is 2.05 bits per heavy atom. The Balaban J connectivity index is 2.39. The highest BCUT2D eigenvalue weighted by Crippen LogP contribution is 2.29. The first-order valence-corrected chi connectivity index (χ1v) is 6.69. The lowest BCUT2D eigenvalue weighted by Crippen LogP contribution is -2.01. The van der Waals surface area contributed by atoms with Crippen molar-refractivity contribution in [1.29, 1.82) is 0 Å². The van der Waals surface area contributed by atoms with Gasteiger partial charge in [0.2, 0.25) is 0 Å². The summed E-state index contributed by atoms with van der Waals surface area (Å²) in [5, 5.41) is 1.58. The summed E-state index contributed by atoms with van der Waals surface area (Å²) in [6.07, 6.45) is 2.63. The van der Waals surface area contributed by atoms with Gasteiger partial charge in [-0.25, -0.2) is 0 Å². The number of rotatable bonds is 2. The fourth-order valence-electron chi connectivity index (χ4n) is 2.58. The number of carbonyl (C=O) groups excluding carboxylic acids is 1. The Morgan fingerprint density at radius 1 is 1.25 bits per heavy atom. The first-order valence-electron chi connectivity index (χ1n) is 6.31. The molecule has 2 heterocycles. The maximum atomic E-state index is 11.1. The number of nitrogens with zero attached hydrogens (tertiary/aromatic N) is 2. The van der Waals surface area contributed by atoms with Crippen molar-refractivity contribution in [3.05, 3.63) is 58.5 Å². The van der Waals surface area contributed by atoms with E-state index in [0.29, 0.717) is 10.6 Å². The molecule has 100 valence electrons. The predicted molar refractivity (Wildman–Crippen MR) is 80.9 cm³/mol. The zero-order valence-electron chi connectivity index (χ0n) is 11.2. The molecule has 0 amide bonds. The second-order valence-corrected chi connectivity index (χ2v) is 5.15. The van der Waals surface area contributed by atoms with Crippen molar-refractivity contribution in [2.75, 3.05) is 0 Å². The molecule has 0 bridgehead atoms. The highest BCUT2D eigenvalue weighted by atomic mass is 35.5. The lowest BCUT2D eigenvalue weighted by molar-refractivity contribution is 0.112. The number of carbonyl (C=O) groups is 1. The van der Waals surface area contributed by atoms with Crippen molar-refractivity contribution in [2.24, 2.45) is 0 Å². The van der Waals surface area contributed by atoms with E-state index in [1.165, 1.54) is 0 Å². The number of aromatic nitrogens is 2. The molecule has 0 unspecified atom stereocenters. The van der Waals surface area contributed by atoms with E-state index in [1.807, 2.05) is 48.7 Å². The third-order valence-corrected chi connectivity index (χ3v) is 3.86. The Bertz CT molecular complexity index is 821. The fraction of sp³-hybridized carbons (Fsp3) is 0.125. The van der Waals surface area contributed by atoms with Gasteiger partial charge in [-0.2, -0.15) is 0 Å². The van der Waals surface area contributed by atoms with Crippen LogP contribution in [-0.4, -0.2) is 15.8 Å². The molecule has 3 aromatic rings. The summed E-state index contributed by atoms with van der Waals surface area (Å²) in [5.74, 6) is 0. The van der Waals surface area contributed by atoms with Crippen LogP contribution in [0.15, 0.2) is 36.5 Å². The first kappa shape index (κ1) is 12.9. The minimum atomic E-state index is 0.676. The van der Waals surface area contributed by atoms with Gasteiger partial charge in [-0.05, 0) is 44.2 Å². The topological polar surface area (TPSA) is 34.9 Å². The number of fused-ring (bicyclic) bond motifs is 1. The third-order valence-electron chi connectivity index (χ3n) is 3.53. The number of hydrogen-bond acceptors (Lipinski definition) is 2. The van der Waals surface area contributed by atoms with E-state index in [-0.39, 0.29) is 0 Å². The van der Waals surface area contributed by atoms with Gasteiger partial charge in [0.1, 0.15) is 0 Å². The van der Waals surface area contributed by atoms with Gasteiger partial charge in [-0.15, -0.1) is 0 Å². The van der Waals surface area contributed by atoms with E-state index in [1.54, 1.807) is 6.20 Å². The SMILES string of the molecule is Cc1cc(C=O)c(C)n1-c1ccc(Cl)c2cccnc12. The average Bonchev–Trinajstić information content (AvgIpc) is 2.75. The van der Waals surface area contributed by atoms with Gasteiger partial charge in [0.05, 0.1) is 16.2 Å². The number of halogens is 1. The van der Waals surface area contributed by atoms with Crippen LogP contribution in [0.25, 0.3) is 16.6 Å². The molecule has 3 rings (SSSR count). The molecule has 0 fully saturated rings. The zero-order chi connectivity index (χ0) is 14.3. The van der Waals surface area contributed by atoms with Crippen molar-refractivity contribution >= 4 is 28.8 Å². The van der Waals surface area contributed by atoms with E-state index < -0.39 is 0 Å². The molecule has 0 saturated carbocycles. The Labute approximate surface area is 121 Å². The van der Waals surface area contributed by atoms with Gasteiger partial charge in [0.15, 0.2) is 6.29 Å². The van der Waals surface area contributed by atoms with Crippen LogP contribution in [0.4, 0.5) is 0 Å². The summed E-state index contributed by atoms with van der Waals surface area (Å²) < 4.78 is 2.04. The molecule has 0 atom stereocenters. The smallest absolute Gasteiger partial charge is 0.151 e. The van der Waals surface area contributed by atoms with Gasteiger partial charge in [0.25, 0.3) is 0 Å². The fourth-order valence-corrected chi connectivity index (χ4v) is 2.80. The van der Waals surface area contributed by atoms with Crippen LogP contribution < -0.4 is 0 Å².